The van der Waals surface area contributed by atoms with Gasteiger partial charge in [-0.1, -0.05) is 18.2 Å². The molecule has 0 N–H and O–H groups in total. The lowest BCUT2D eigenvalue weighted by molar-refractivity contribution is -0.539. The summed E-state index contributed by atoms with van der Waals surface area (Å²) in [5.41, 5.74) is -0.686. The van der Waals surface area contributed by atoms with Crippen molar-refractivity contribution < 1.29 is 4.74 Å². The second-order valence-electron chi connectivity index (χ2n) is 6.39. The maximum Gasteiger partial charge on any atom is 0.301 e. The van der Waals surface area contributed by atoms with Crippen LogP contribution in [0.3, 0.4) is 0 Å². The Morgan fingerprint density at radius 1 is 1.09 bits per heavy atom. The molecule has 1 aromatic heterocycles. The molecule has 7 heteroatoms. The highest BCUT2D eigenvalue weighted by molar-refractivity contribution is 5.95. The van der Waals surface area contributed by atoms with Crippen LogP contribution in [0.25, 0.3) is 5.69 Å². The molecule has 2 aromatic rings. The van der Waals surface area contributed by atoms with Gasteiger partial charge < -0.3 is 10.4 Å². The van der Waals surface area contributed by atoms with Crippen molar-refractivity contribution in [1.29, 1.82) is 0 Å². The first-order valence-electron chi connectivity index (χ1n) is 7.06. The van der Waals surface area contributed by atoms with Crippen LogP contribution in [-0.2, 0) is 0 Å². The predicted octanol–water partition coefficient (Wildman–Crippen LogP) is 1.89. The number of rotatable bonds is 2. The van der Waals surface area contributed by atoms with E-state index in [9.17, 15) is 10.4 Å². The van der Waals surface area contributed by atoms with Crippen LogP contribution in [0.2, 0.25) is 0 Å². The minimum atomic E-state index is -0.861. The lowest BCUT2D eigenvalue weighted by atomic mass is 9.84. The quantitative estimate of drug-likeness (QED) is 0.625. The van der Waals surface area contributed by atoms with E-state index < -0.39 is 11.1 Å². The van der Waals surface area contributed by atoms with Gasteiger partial charge in [0.05, 0.1) is 11.9 Å². The first-order valence-corrected chi connectivity index (χ1v) is 7.06. The fourth-order valence-corrected chi connectivity index (χ4v) is 2.37. The molecular weight excluding hydrogens is 282 g/mol. The fraction of sp³-hybridized carbons (Fsp3) is 0.400. The Balaban J connectivity index is 2.06. The molecule has 0 bridgehead atoms. The zero-order chi connectivity index (χ0) is 16.1. The van der Waals surface area contributed by atoms with E-state index in [1.807, 2.05) is 30.3 Å². The van der Waals surface area contributed by atoms with Crippen LogP contribution < -0.4 is 0 Å². The SMILES string of the molecule is CC1(C)N([O-])C(c2cnn(-c3ccccc3)n2)=[N+]([O-])C1(C)C. The van der Waals surface area contributed by atoms with E-state index in [0.29, 0.717) is 0 Å². The standard InChI is InChI=1S/C15H18N5O2/c1-14(2)15(3,4)19(22)13(18(14)21)12-10-16-20(17-12)11-8-6-5-7-9-11/h5-10H,1-4H3/q-1. The van der Waals surface area contributed by atoms with E-state index in [2.05, 4.69) is 10.2 Å². The Morgan fingerprint density at radius 2 is 1.73 bits per heavy atom. The van der Waals surface area contributed by atoms with Gasteiger partial charge in [0.25, 0.3) is 0 Å². The summed E-state index contributed by atoms with van der Waals surface area (Å²) in [6, 6.07) is 9.32. The fourth-order valence-electron chi connectivity index (χ4n) is 2.37. The molecule has 3 rings (SSSR count). The normalized spacial score (nSPS) is 19.8. The number of para-hydroxylation sites is 1. The number of hydrogen-bond acceptors (Lipinski definition) is 5. The Kier molecular flexibility index (Phi) is 3.00. The Morgan fingerprint density at radius 3 is 2.27 bits per heavy atom. The lowest BCUT2D eigenvalue weighted by Crippen LogP contribution is -2.52. The van der Waals surface area contributed by atoms with Crippen molar-refractivity contribution in [1.82, 2.24) is 20.1 Å². The summed E-state index contributed by atoms with van der Waals surface area (Å²) in [6.07, 6.45) is 1.44. The third-order valence-corrected chi connectivity index (χ3v) is 4.61. The van der Waals surface area contributed by atoms with Gasteiger partial charge in [0, 0.05) is 0 Å². The third kappa shape index (κ3) is 1.82. The van der Waals surface area contributed by atoms with Gasteiger partial charge in [-0.05, 0) is 39.8 Å². The van der Waals surface area contributed by atoms with Crippen molar-refractivity contribution in [3.8, 4) is 5.69 Å². The van der Waals surface area contributed by atoms with Crippen LogP contribution in [0.15, 0.2) is 36.5 Å². The summed E-state index contributed by atoms with van der Waals surface area (Å²) < 4.78 is 0.735. The van der Waals surface area contributed by atoms with E-state index in [1.54, 1.807) is 27.7 Å². The summed E-state index contributed by atoms with van der Waals surface area (Å²) in [5.74, 6) is -0.00261. The van der Waals surface area contributed by atoms with Gasteiger partial charge in [-0.15, -0.1) is 5.10 Å². The summed E-state index contributed by atoms with van der Waals surface area (Å²) in [6.45, 7) is 7.00. The second-order valence-corrected chi connectivity index (χ2v) is 6.39. The van der Waals surface area contributed by atoms with Crippen molar-refractivity contribution >= 4 is 5.84 Å². The van der Waals surface area contributed by atoms with E-state index in [-0.39, 0.29) is 11.5 Å². The summed E-state index contributed by atoms with van der Waals surface area (Å²) in [4.78, 5) is 1.41. The molecule has 2 heterocycles. The molecule has 1 aliphatic heterocycles. The highest BCUT2D eigenvalue weighted by Crippen LogP contribution is 2.37. The number of benzene rings is 1. The first-order chi connectivity index (χ1) is 10.3. The van der Waals surface area contributed by atoms with Gasteiger partial charge in [0.1, 0.15) is 11.1 Å². The Hall–Kier alpha value is -2.41. The van der Waals surface area contributed by atoms with Crippen molar-refractivity contribution in [3.63, 3.8) is 0 Å². The molecule has 0 aliphatic carbocycles. The molecule has 22 heavy (non-hydrogen) atoms. The van der Waals surface area contributed by atoms with Crippen molar-refractivity contribution in [3.05, 3.63) is 52.6 Å². The summed E-state index contributed by atoms with van der Waals surface area (Å²) in [7, 11) is 0. The number of aromatic nitrogens is 3. The Labute approximate surface area is 128 Å². The monoisotopic (exact) mass is 300 g/mol. The van der Waals surface area contributed by atoms with Crippen LogP contribution in [-0.4, -0.2) is 41.7 Å². The second kappa shape index (κ2) is 4.54. The first kappa shape index (κ1) is 14.5. The molecule has 0 unspecified atom stereocenters. The smallest absolute Gasteiger partial charge is 0.301 e. The highest BCUT2D eigenvalue weighted by Gasteiger charge is 2.55. The van der Waals surface area contributed by atoms with Gasteiger partial charge in [-0.3, -0.25) is 9.80 Å². The zero-order valence-corrected chi connectivity index (χ0v) is 13.0. The molecule has 0 radical (unpaired) electrons. The molecule has 1 aromatic carbocycles. The van der Waals surface area contributed by atoms with Crippen LogP contribution in [0.4, 0.5) is 0 Å². The number of nitrogens with zero attached hydrogens (tertiary/aromatic N) is 5. The minimum Gasteiger partial charge on any atom is -0.714 e. The molecular formula is C15H18N5O2-. The van der Waals surface area contributed by atoms with Crippen molar-refractivity contribution in [2.75, 3.05) is 0 Å². The topological polar surface area (TPSA) is 83.1 Å². The van der Waals surface area contributed by atoms with Gasteiger partial charge in [-0.2, -0.15) is 9.90 Å². The van der Waals surface area contributed by atoms with Crippen molar-refractivity contribution in [2.24, 2.45) is 0 Å². The van der Waals surface area contributed by atoms with E-state index >= 15 is 0 Å². The summed E-state index contributed by atoms with van der Waals surface area (Å²) >= 11 is 0. The zero-order valence-electron chi connectivity index (χ0n) is 13.0. The molecule has 0 fully saturated rings. The molecule has 0 saturated heterocycles. The van der Waals surface area contributed by atoms with E-state index in [1.165, 1.54) is 11.0 Å². The molecule has 1 aliphatic rings. The maximum atomic E-state index is 12.6. The van der Waals surface area contributed by atoms with E-state index in [0.717, 1.165) is 15.5 Å². The van der Waals surface area contributed by atoms with Gasteiger partial charge >= 0.3 is 5.84 Å². The number of hydrogen-bond donors (Lipinski definition) is 0. The average molecular weight is 300 g/mol. The Bertz CT molecular complexity index is 733. The van der Waals surface area contributed by atoms with Gasteiger partial charge in [0.15, 0.2) is 5.69 Å². The van der Waals surface area contributed by atoms with Crippen molar-refractivity contribution in [2.45, 2.75) is 38.8 Å². The van der Waals surface area contributed by atoms with Crippen LogP contribution in [0, 0.1) is 10.4 Å². The molecule has 0 atom stereocenters. The number of amidine groups is 1. The third-order valence-electron chi connectivity index (χ3n) is 4.61. The predicted molar refractivity (Wildman–Crippen MR) is 82.5 cm³/mol. The average Bonchev–Trinajstić information content (AvgIpc) is 3.00. The van der Waals surface area contributed by atoms with Crippen LogP contribution in [0.1, 0.15) is 33.4 Å². The van der Waals surface area contributed by atoms with E-state index in [4.69, 9.17) is 0 Å². The molecule has 0 spiro atoms. The molecule has 0 amide bonds. The van der Waals surface area contributed by atoms with Gasteiger partial charge in [0.2, 0.25) is 0 Å². The van der Waals surface area contributed by atoms with Gasteiger partial charge in [-0.25, -0.2) is 0 Å². The largest absolute Gasteiger partial charge is 0.714 e. The number of hydroxylamine groups is 3. The highest BCUT2D eigenvalue weighted by atomic mass is 16.5. The minimum absolute atomic E-state index is 0.00261. The molecule has 116 valence electrons. The molecule has 7 nitrogen and oxygen atoms in total. The molecule has 0 saturated carbocycles. The van der Waals surface area contributed by atoms with Crippen LogP contribution >= 0.6 is 0 Å². The summed E-state index contributed by atoms with van der Waals surface area (Å²) in [5, 5.41) is 34.3. The maximum absolute atomic E-state index is 12.6. The van der Waals surface area contributed by atoms with Crippen LogP contribution in [0.5, 0.6) is 0 Å². The lowest BCUT2D eigenvalue weighted by Gasteiger charge is -2.38.